The molecule has 1 saturated carbocycles. The van der Waals surface area contributed by atoms with Gasteiger partial charge in [0.15, 0.2) is 17.3 Å². The number of halogens is 5. The molecule has 0 bridgehead atoms. The van der Waals surface area contributed by atoms with Gasteiger partial charge in [0.1, 0.15) is 5.82 Å². The number of alkyl halides is 2. The SMILES string of the molecule is Cc1c(F)c(-c2cc3c(cc2P)OC(F)(F)C(=O)N3)c(F)c(F)c1OC1CC1. The van der Waals surface area contributed by atoms with Crippen LogP contribution in [0, 0.1) is 24.4 Å². The first-order chi connectivity index (χ1) is 13.1. The van der Waals surface area contributed by atoms with E-state index >= 15 is 0 Å². The molecule has 1 amide bonds. The van der Waals surface area contributed by atoms with Crippen LogP contribution < -0.4 is 20.1 Å². The average molecular weight is 417 g/mol. The number of nitrogens with one attached hydrogen (secondary N) is 1. The largest absolute Gasteiger partial charge is 0.487 e. The third-order valence-electron chi connectivity index (χ3n) is 4.48. The van der Waals surface area contributed by atoms with E-state index in [1.807, 2.05) is 5.32 Å². The highest BCUT2D eigenvalue weighted by molar-refractivity contribution is 7.28. The lowest BCUT2D eigenvalue weighted by Crippen LogP contribution is -2.43. The molecule has 2 aliphatic rings. The first-order valence-electron chi connectivity index (χ1n) is 8.26. The second-order valence-corrected chi connectivity index (χ2v) is 7.22. The number of hydrogen-bond donors (Lipinski definition) is 1. The van der Waals surface area contributed by atoms with Gasteiger partial charge in [-0.15, -0.1) is 9.24 Å². The predicted octanol–water partition coefficient (Wildman–Crippen LogP) is 4.04. The van der Waals surface area contributed by atoms with E-state index in [2.05, 4.69) is 14.0 Å². The summed E-state index contributed by atoms with van der Waals surface area (Å²) in [5.74, 6) is -6.46. The number of fused-ring (bicyclic) bond motifs is 1. The molecule has 2 aromatic carbocycles. The van der Waals surface area contributed by atoms with E-state index in [0.29, 0.717) is 12.8 Å². The lowest BCUT2D eigenvalue weighted by molar-refractivity contribution is -0.189. The molecule has 148 valence electrons. The van der Waals surface area contributed by atoms with Crippen LogP contribution in [0.1, 0.15) is 18.4 Å². The lowest BCUT2D eigenvalue weighted by atomic mass is 9.99. The van der Waals surface area contributed by atoms with Gasteiger partial charge in [0.05, 0.1) is 17.4 Å². The molecule has 0 saturated heterocycles. The van der Waals surface area contributed by atoms with E-state index in [4.69, 9.17) is 4.74 Å². The maximum absolute atomic E-state index is 14.9. The summed E-state index contributed by atoms with van der Waals surface area (Å²) in [4.78, 5) is 11.4. The van der Waals surface area contributed by atoms with Crippen molar-refractivity contribution >= 4 is 26.1 Å². The molecule has 1 atom stereocenters. The van der Waals surface area contributed by atoms with Crippen LogP contribution in [0.25, 0.3) is 11.1 Å². The first-order valence-corrected chi connectivity index (χ1v) is 8.83. The number of carbonyl (C=O) groups is 1. The van der Waals surface area contributed by atoms with Gasteiger partial charge in [-0.05, 0) is 42.8 Å². The number of rotatable bonds is 3. The standard InChI is InChI=1S/C18H13F5NO3P/c1-6-13(19)12(14(20)15(21)16(6)26-7-2-3-7)8-4-9-10(5-11(8)28)27-18(22,23)17(25)24-9/h4-5,7H,2-3,28H2,1H3,(H,24,25). The Morgan fingerprint density at radius 3 is 2.50 bits per heavy atom. The van der Waals surface area contributed by atoms with Crippen molar-refractivity contribution in [3.63, 3.8) is 0 Å². The third-order valence-corrected chi connectivity index (χ3v) is 4.96. The molecule has 1 fully saturated rings. The van der Waals surface area contributed by atoms with Crippen LogP contribution in [0.4, 0.5) is 27.6 Å². The summed E-state index contributed by atoms with van der Waals surface area (Å²) < 4.78 is 80.6. The van der Waals surface area contributed by atoms with Crippen molar-refractivity contribution in [3.05, 3.63) is 35.1 Å². The van der Waals surface area contributed by atoms with E-state index < -0.39 is 40.8 Å². The Morgan fingerprint density at radius 1 is 1.18 bits per heavy atom. The molecular formula is C18H13F5NO3P. The molecule has 2 aromatic rings. The highest BCUT2D eigenvalue weighted by Crippen LogP contribution is 2.42. The molecule has 28 heavy (non-hydrogen) atoms. The van der Waals surface area contributed by atoms with Crippen LogP contribution in [0.5, 0.6) is 11.5 Å². The van der Waals surface area contributed by atoms with Crippen molar-refractivity contribution in [1.82, 2.24) is 0 Å². The molecular weight excluding hydrogens is 404 g/mol. The highest BCUT2D eigenvalue weighted by Gasteiger charge is 2.46. The molecule has 0 aromatic heterocycles. The number of hydrogen-bond acceptors (Lipinski definition) is 3. The van der Waals surface area contributed by atoms with Crippen molar-refractivity contribution in [3.8, 4) is 22.6 Å². The Labute approximate surface area is 158 Å². The van der Waals surface area contributed by atoms with Gasteiger partial charge >= 0.3 is 12.0 Å². The van der Waals surface area contributed by atoms with Gasteiger partial charge in [0.25, 0.3) is 0 Å². The zero-order chi connectivity index (χ0) is 20.4. The molecule has 1 aliphatic heterocycles. The zero-order valence-corrected chi connectivity index (χ0v) is 15.5. The summed E-state index contributed by atoms with van der Waals surface area (Å²) in [6, 6.07) is 2.11. The Hall–Kier alpha value is -2.41. The minimum Gasteiger partial charge on any atom is -0.487 e. The molecule has 1 aliphatic carbocycles. The van der Waals surface area contributed by atoms with Crippen LogP contribution in [-0.2, 0) is 4.79 Å². The molecule has 4 nitrogen and oxygen atoms in total. The molecule has 0 radical (unpaired) electrons. The fourth-order valence-corrected chi connectivity index (χ4v) is 3.24. The van der Waals surface area contributed by atoms with Crippen molar-refractivity contribution in [1.29, 1.82) is 0 Å². The summed E-state index contributed by atoms with van der Waals surface area (Å²) in [5, 5.41) is 1.98. The molecule has 0 spiro atoms. The predicted molar refractivity (Wildman–Crippen MR) is 93.7 cm³/mol. The summed E-state index contributed by atoms with van der Waals surface area (Å²) in [5.41, 5.74) is -1.27. The fourth-order valence-electron chi connectivity index (χ4n) is 2.86. The smallest absolute Gasteiger partial charge is 0.482 e. The van der Waals surface area contributed by atoms with Crippen molar-refractivity contribution < 1.29 is 36.2 Å². The Morgan fingerprint density at radius 2 is 1.86 bits per heavy atom. The molecule has 1 unspecified atom stereocenters. The van der Waals surface area contributed by atoms with Gasteiger partial charge in [0.2, 0.25) is 5.82 Å². The van der Waals surface area contributed by atoms with Crippen LogP contribution in [0.3, 0.4) is 0 Å². The summed E-state index contributed by atoms with van der Waals surface area (Å²) >= 11 is 0. The Balaban J connectivity index is 1.86. The fraction of sp³-hybridized carbons (Fsp3) is 0.278. The monoisotopic (exact) mass is 417 g/mol. The van der Waals surface area contributed by atoms with Gasteiger partial charge in [0, 0.05) is 5.56 Å². The third kappa shape index (κ3) is 2.98. The number of anilines is 1. The van der Waals surface area contributed by atoms with E-state index in [0.717, 1.165) is 12.1 Å². The quantitative estimate of drug-likeness (QED) is 0.466. The average Bonchev–Trinajstić information content (AvgIpc) is 3.43. The van der Waals surface area contributed by atoms with Gasteiger partial charge in [-0.1, -0.05) is 0 Å². The van der Waals surface area contributed by atoms with E-state index in [9.17, 15) is 26.7 Å². The van der Waals surface area contributed by atoms with Crippen molar-refractivity contribution in [2.45, 2.75) is 32.0 Å². The second-order valence-electron chi connectivity index (χ2n) is 6.60. The van der Waals surface area contributed by atoms with E-state index in [1.165, 1.54) is 6.92 Å². The summed E-state index contributed by atoms with van der Waals surface area (Å²) in [6.45, 7) is 1.26. The molecule has 10 heteroatoms. The zero-order valence-electron chi connectivity index (χ0n) is 14.3. The van der Waals surface area contributed by atoms with Crippen molar-refractivity contribution in [2.24, 2.45) is 0 Å². The number of benzene rings is 2. The number of carbonyl (C=O) groups excluding carboxylic acids is 1. The molecule has 1 heterocycles. The summed E-state index contributed by atoms with van der Waals surface area (Å²) in [6.07, 6.45) is -3.00. The minimum absolute atomic E-state index is 0.0677. The van der Waals surface area contributed by atoms with Crippen LogP contribution in [0.2, 0.25) is 0 Å². The maximum atomic E-state index is 14.9. The lowest BCUT2D eigenvalue weighted by Gasteiger charge is -2.26. The maximum Gasteiger partial charge on any atom is 0.482 e. The minimum atomic E-state index is -4.08. The highest BCUT2D eigenvalue weighted by atomic mass is 31.0. The second kappa shape index (κ2) is 6.30. The normalized spacial score (nSPS) is 17.6. The number of ether oxygens (including phenoxy) is 2. The van der Waals surface area contributed by atoms with Gasteiger partial charge in [-0.25, -0.2) is 8.78 Å². The molecule has 4 rings (SSSR count). The van der Waals surface area contributed by atoms with Crippen LogP contribution in [0.15, 0.2) is 12.1 Å². The van der Waals surface area contributed by atoms with Gasteiger partial charge < -0.3 is 14.8 Å². The Bertz CT molecular complexity index is 994. The van der Waals surface area contributed by atoms with E-state index in [1.54, 1.807) is 0 Å². The number of amides is 1. The first kappa shape index (κ1) is 18.9. The topological polar surface area (TPSA) is 47.6 Å². The Kier molecular flexibility index (Phi) is 4.26. The van der Waals surface area contributed by atoms with Crippen LogP contribution in [-0.4, -0.2) is 18.1 Å². The van der Waals surface area contributed by atoms with E-state index in [-0.39, 0.29) is 34.0 Å². The van der Waals surface area contributed by atoms with Gasteiger partial charge in [-0.3, -0.25) is 4.79 Å². The molecule has 1 N–H and O–H groups in total. The van der Waals surface area contributed by atoms with Gasteiger partial charge in [-0.2, -0.15) is 13.2 Å². The van der Waals surface area contributed by atoms with Crippen molar-refractivity contribution in [2.75, 3.05) is 5.32 Å². The summed E-state index contributed by atoms with van der Waals surface area (Å²) in [7, 11) is 2.12. The van der Waals surface area contributed by atoms with Crippen LogP contribution >= 0.6 is 9.24 Å².